The zero-order valence-electron chi connectivity index (χ0n) is 22.6. The average Bonchev–Trinajstić information content (AvgIpc) is 3.45. The lowest BCUT2D eigenvalue weighted by Crippen LogP contribution is -2.39. The van der Waals surface area contributed by atoms with Crippen molar-refractivity contribution in [3.8, 4) is 11.9 Å². The normalized spacial score (nSPS) is 27.4. The second-order valence-electron chi connectivity index (χ2n) is 10.9. The van der Waals surface area contributed by atoms with Crippen molar-refractivity contribution in [3.05, 3.63) is 52.2 Å². The molecule has 6 rings (SSSR count). The SMILES string of the molecule is CCN(CC)c1cc(O/C=N/[C@]23CCCN2C[C@H](F)C3)nc2c1CO[C@@]1(CC=Cc3ccc(N)c(C#N)c31)C2. The van der Waals surface area contributed by atoms with Crippen molar-refractivity contribution in [1.82, 2.24) is 9.88 Å². The van der Waals surface area contributed by atoms with Gasteiger partial charge in [0.05, 0.1) is 17.9 Å². The minimum absolute atomic E-state index is 0.367. The lowest BCUT2D eigenvalue weighted by molar-refractivity contribution is -0.0732. The molecule has 1 aromatic carbocycles. The second-order valence-corrected chi connectivity index (χ2v) is 10.9. The summed E-state index contributed by atoms with van der Waals surface area (Å²) in [6, 6.07) is 7.99. The van der Waals surface area contributed by atoms with Crippen molar-refractivity contribution < 1.29 is 13.9 Å². The molecule has 0 bridgehead atoms. The van der Waals surface area contributed by atoms with Gasteiger partial charge in [0.15, 0.2) is 6.40 Å². The molecule has 0 radical (unpaired) electrons. The van der Waals surface area contributed by atoms with Gasteiger partial charge in [-0.2, -0.15) is 5.26 Å². The van der Waals surface area contributed by atoms with E-state index in [1.54, 1.807) is 6.07 Å². The summed E-state index contributed by atoms with van der Waals surface area (Å²) in [6.07, 6.45) is 8.10. The Kier molecular flexibility index (Phi) is 6.56. The zero-order valence-corrected chi connectivity index (χ0v) is 22.6. The molecule has 1 aliphatic carbocycles. The predicted octanol–water partition coefficient (Wildman–Crippen LogP) is 4.71. The molecule has 9 heteroatoms. The third-order valence-corrected chi connectivity index (χ3v) is 8.82. The number of nitrogens with two attached hydrogens (primary N) is 1. The van der Waals surface area contributed by atoms with E-state index in [0.717, 1.165) is 60.5 Å². The average molecular weight is 531 g/mol. The van der Waals surface area contributed by atoms with Crippen LogP contribution in [0.4, 0.5) is 15.8 Å². The van der Waals surface area contributed by atoms with Gasteiger partial charge in [-0.25, -0.2) is 14.4 Å². The van der Waals surface area contributed by atoms with Gasteiger partial charge in [-0.3, -0.25) is 4.90 Å². The number of hydrogen-bond donors (Lipinski definition) is 1. The Morgan fingerprint density at radius 2 is 2.23 bits per heavy atom. The predicted molar refractivity (Wildman–Crippen MR) is 149 cm³/mol. The number of rotatable bonds is 6. The molecule has 0 unspecified atom stereocenters. The molecule has 1 spiro atoms. The largest absolute Gasteiger partial charge is 0.428 e. The molecule has 3 atom stereocenters. The van der Waals surface area contributed by atoms with Crippen molar-refractivity contribution in [2.45, 2.75) is 70.0 Å². The fraction of sp³-hybridized carbons (Fsp3) is 0.500. The second kappa shape index (κ2) is 9.92. The number of alkyl halides is 1. The molecule has 3 aliphatic heterocycles. The number of anilines is 2. The molecule has 1 aromatic heterocycles. The number of nitrogens with zero attached hydrogens (tertiary/aromatic N) is 5. The van der Waals surface area contributed by atoms with Crippen LogP contribution in [0.25, 0.3) is 6.08 Å². The number of fused-ring (bicyclic) bond motifs is 4. The van der Waals surface area contributed by atoms with E-state index in [2.05, 4.69) is 35.8 Å². The quantitative estimate of drug-likeness (QED) is 0.328. The summed E-state index contributed by atoms with van der Waals surface area (Å²) in [5.41, 5.74) is 10.6. The lowest BCUT2D eigenvalue weighted by Gasteiger charge is -2.42. The highest BCUT2D eigenvalue weighted by molar-refractivity contribution is 5.71. The molecular formula is C30H35FN6O2. The van der Waals surface area contributed by atoms with E-state index in [4.69, 9.17) is 25.2 Å². The summed E-state index contributed by atoms with van der Waals surface area (Å²) in [5.74, 6) is 0.451. The number of aromatic nitrogens is 1. The summed E-state index contributed by atoms with van der Waals surface area (Å²) < 4.78 is 26.9. The molecule has 4 aliphatic rings. The molecule has 2 saturated heterocycles. The van der Waals surface area contributed by atoms with Crippen LogP contribution in [0, 0.1) is 11.3 Å². The molecule has 0 amide bonds. The molecule has 4 heterocycles. The first-order chi connectivity index (χ1) is 18.9. The van der Waals surface area contributed by atoms with Gasteiger partial charge in [0.25, 0.3) is 0 Å². The highest BCUT2D eigenvalue weighted by atomic mass is 19.1. The number of nitrogen functional groups attached to an aromatic ring is 1. The number of pyridine rings is 1. The van der Waals surface area contributed by atoms with Gasteiger partial charge in [0, 0.05) is 67.6 Å². The molecule has 39 heavy (non-hydrogen) atoms. The summed E-state index contributed by atoms with van der Waals surface area (Å²) >= 11 is 0. The van der Waals surface area contributed by atoms with Crippen LogP contribution in [0.3, 0.4) is 0 Å². The van der Waals surface area contributed by atoms with Crippen molar-refractivity contribution in [1.29, 1.82) is 5.26 Å². The summed E-state index contributed by atoms with van der Waals surface area (Å²) in [5, 5.41) is 9.98. The molecule has 2 aromatic rings. The van der Waals surface area contributed by atoms with Gasteiger partial charge < -0.3 is 20.1 Å². The van der Waals surface area contributed by atoms with Gasteiger partial charge >= 0.3 is 0 Å². The Labute approximate surface area is 228 Å². The van der Waals surface area contributed by atoms with Crippen LogP contribution < -0.4 is 15.4 Å². The summed E-state index contributed by atoms with van der Waals surface area (Å²) in [6.45, 7) is 7.56. The minimum atomic E-state index is -0.852. The Balaban J connectivity index is 1.37. The van der Waals surface area contributed by atoms with Gasteiger partial charge in [0.2, 0.25) is 5.88 Å². The Hall–Kier alpha value is -3.48. The van der Waals surface area contributed by atoms with Crippen molar-refractivity contribution in [3.63, 3.8) is 0 Å². The number of benzene rings is 1. The van der Waals surface area contributed by atoms with Gasteiger partial charge in [-0.1, -0.05) is 18.2 Å². The van der Waals surface area contributed by atoms with Crippen LogP contribution in [0.15, 0.2) is 29.3 Å². The van der Waals surface area contributed by atoms with Crippen LogP contribution in [0.1, 0.15) is 67.5 Å². The first kappa shape index (κ1) is 25.8. The Morgan fingerprint density at radius 1 is 1.38 bits per heavy atom. The molecular weight excluding hydrogens is 495 g/mol. The summed E-state index contributed by atoms with van der Waals surface area (Å²) in [4.78, 5) is 14.1. The fourth-order valence-corrected chi connectivity index (χ4v) is 6.93. The Morgan fingerprint density at radius 3 is 3.03 bits per heavy atom. The van der Waals surface area contributed by atoms with Gasteiger partial charge in [-0.15, -0.1) is 0 Å². The van der Waals surface area contributed by atoms with Crippen molar-refractivity contribution >= 4 is 23.9 Å². The van der Waals surface area contributed by atoms with E-state index in [1.165, 1.54) is 6.40 Å². The van der Waals surface area contributed by atoms with Crippen LogP contribution >= 0.6 is 0 Å². The minimum Gasteiger partial charge on any atom is -0.428 e. The number of halogens is 1. The van der Waals surface area contributed by atoms with Gasteiger partial charge in [0.1, 0.15) is 23.5 Å². The van der Waals surface area contributed by atoms with Crippen LogP contribution in [-0.2, 0) is 23.4 Å². The van der Waals surface area contributed by atoms with E-state index < -0.39 is 17.4 Å². The Bertz CT molecular complexity index is 1380. The first-order valence-corrected chi connectivity index (χ1v) is 13.9. The molecule has 2 fully saturated rings. The van der Waals surface area contributed by atoms with Crippen LogP contribution in [0.2, 0.25) is 0 Å². The standard InChI is InChI=1S/C30H35FN6O2/c1-3-36(4-2)26-13-27(38-19-34-30-11-6-12-37(30)17-21(31)14-30)35-25-15-29(39-18-23(25)26)10-5-7-20-8-9-24(33)22(16-32)28(20)29/h5,7-9,13,19,21H,3-4,6,10-12,14-15,17-18,33H2,1-2H3/b34-19+/t21-,29+,30-/m1/s1. The van der Waals surface area contributed by atoms with Crippen molar-refractivity contribution in [2.75, 3.05) is 36.8 Å². The number of aliphatic imine (C=N–C) groups is 1. The maximum absolute atomic E-state index is 14.2. The molecule has 204 valence electrons. The third-order valence-electron chi connectivity index (χ3n) is 8.82. The van der Waals surface area contributed by atoms with Crippen LogP contribution in [0.5, 0.6) is 5.88 Å². The molecule has 8 nitrogen and oxygen atoms in total. The summed E-state index contributed by atoms with van der Waals surface area (Å²) in [7, 11) is 0. The van der Waals surface area contributed by atoms with Crippen molar-refractivity contribution in [2.24, 2.45) is 4.99 Å². The number of ether oxygens (including phenoxy) is 2. The maximum Gasteiger partial charge on any atom is 0.222 e. The van der Waals surface area contributed by atoms with E-state index in [0.29, 0.717) is 49.5 Å². The number of nitriles is 1. The first-order valence-electron chi connectivity index (χ1n) is 13.9. The van der Waals surface area contributed by atoms with Crippen LogP contribution in [-0.4, -0.2) is 54.3 Å². The smallest absolute Gasteiger partial charge is 0.222 e. The molecule has 2 N–H and O–H groups in total. The molecule has 0 saturated carbocycles. The fourth-order valence-electron chi connectivity index (χ4n) is 6.93. The third kappa shape index (κ3) is 4.26. The zero-order chi connectivity index (χ0) is 27.2. The van der Waals surface area contributed by atoms with E-state index in [-0.39, 0.29) is 0 Å². The highest BCUT2D eigenvalue weighted by Gasteiger charge is 2.49. The maximum atomic E-state index is 14.2. The van der Waals surface area contributed by atoms with E-state index in [1.807, 2.05) is 18.2 Å². The highest BCUT2D eigenvalue weighted by Crippen LogP contribution is 2.47. The monoisotopic (exact) mass is 530 g/mol. The van der Waals surface area contributed by atoms with E-state index in [9.17, 15) is 9.65 Å². The number of hydrogen-bond acceptors (Lipinski definition) is 8. The topological polar surface area (TPSA) is 100 Å². The van der Waals surface area contributed by atoms with E-state index >= 15 is 0 Å². The van der Waals surface area contributed by atoms with Gasteiger partial charge in [-0.05, 0) is 44.7 Å². The lowest BCUT2D eigenvalue weighted by atomic mass is 9.75.